The molecule has 0 bridgehead atoms. The van der Waals surface area contributed by atoms with Crippen LogP contribution in [-0.4, -0.2) is 9.13 Å². The second-order valence-electron chi connectivity index (χ2n) is 7.06. The Hall–Kier alpha value is -3.14. The number of rotatable bonds is 6. The Morgan fingerprint density at radius 2 is 1.07 bits per heavy atom. The maximum atomic E-state index is 2.25. The maximum absolute atomic E-state index is 2.25. The van der Waals surface area contributed by atoms with Crippen molar-refractivity contribution in [1.82, 2.24) is 9.13 Å². The fraction of sp³-hybridized carbons (Fsp3) is 0.217. The van der Waals surface area contributed by atoms with Gasteiger partial charge in [0, 0.05) is 0 Å². The van der Waals surface area contributed by atoms with Gasteiger partial charge in [0.2, 0.25) is 19.3 Å². The number of aromatic nitrogens is 4. The molecular formula is C23H26N4+2. The van der Waals surface area contributed by atoms with Gasteiger partial charge in [-0.3, -0.25) is 0 Å². The van der Waals surface area contributed by atoms with Gasteiger partial charge in [0.05, 0.1) is 0 Å². The van der Waals surface area contributed by atoms with Crippen LogP contribution in [0.1, 0.15) is 37.1 Å². The van der Waals surface area contributed by atoms with Gasteiger partial charge in [-0.25, -0.2) is 9.13 Å². The first-order valence-corrected chi connectivity index (χ1v) is 9.43. The van der Waals surface area contributed by atoms with Gasteiger partial charge < -0.3 is 0 Å². The molecule has 27 heavy (non-hydrogen) atoms. The van der Waals surface area contributed by atoms with Gasteiger partial charge in [-0.2, -0.15) is 9.13 Å². The highest BCUT2D eigenvalue weighted by Crippen LogP contribution is 2.17. The van der Waals surface area contributed by atoms with E-state index < -0.39 is 0 Å². The molecule has 2 aromatic heterocycles. The third kappa shape index (κ3) is 3.85. The Morgan fingerprint density at radius 1 is 0.667 bits per heavy atom. The summed E-state index contributed by atoms with van der Waals surface area (Å²) in [6, 6.07) is 21.8. The summed E-state index contributed by atoms with van der Waals surface area (Å²) in [7, 11) is 0. The van der Waals surface area contributed by atoms with E-state index in [2.05, 4.69) is 130 Å². The molecule has 0 aliphatic rings. The second-order valence-corrected chi connectivity index (χ2v) is 7.06. The van der Waals surface area contributed by atoms with Crippen LogP contribution in [0.4, 0.5) is 0 Å². The van der Waals surface area contributed by atoms with Crippen LogP contribution in [0.25, 0.3) is 0 Å². The molecule has 0 saturated heterocycles. The summed E-state index contributed by atoms with van der Waals surface area (Å²) < 4.78 is 8.91. The standard InChI is InChI=1S/C23H26N4/c1-20(22-9-5-3-6-10-22)26-15-13-24(18-26)17-25-14-16-27(19-25)21(2)23-11-7-4-8-12-23/h3-16,18-21H,17H2,1-2H3/q+2/t20-,21-/m1/s1. The highest BCUT2D eigenvalue weighted by atomic mass is 15.2. The molecule has 4 heteroatoms. The number of hydrogen-bond donors (Lipinski definition) is 0. The summed E-state index contributed by atoms with van der Waals surface area (Å²) in [5, 5.41) is 0. The Balaban J connectivity index is 1.46. The molecule has 4 rings (SSSR count). The van der Waals surface area contributed by atoms with Crippen molar-refractivity contribution in [3.8, 4) is 0 Å². The van der Waals surface area contributed by atoms with Crippen LogP contribution in [0, 0.1) is 0 Å². The average molecular weight is 358 g/mol. The lowest BCUT2D eigenvalue weighted by molar-refractivity contribution is -0.912. The fourth-order valence-electron chi connectivity index (χ4n) is 3.44. The van der Waals surface area contributed by atoms with E-state index in [0.717, 1.165) is 6.67 Å². The fourth-order valence-corrected chi connectivity index (χ4v) is 3.44. The Morgan fingerprint density at radius 3 is 1.48 bits per heavy atom. The molecule has 0 fully saturated rings. The van der Waals surface area contributed by atoms with Crippen LogP contribution < -0.4 is 9.13 Å². The summed E-state index contributed by atoms with van der Waals surface area (Å²) >= 11 is 0. The highest BCUT2D eigenvalue weighted by molar-refractivity contribution is 5.19. The van der Waals surface area contributed by atoms with E-state index in [1.165, 1.54) is 11.1 Å². The molecule has 2 atom stereocenters. The van der Waals surface area contributed by atoms with Crippen molar-refractivity contribution in [3.05, 3.63) is 109 Å². The lowest BCUT2D eigenvalue weighted by Gasteiger charge is -2.07. The second kappa shape index (κ2) is 7.62. The van der Waals surface area contributed by atoms with E-state index in [0.29, 0.717) is 12.1 Å². The Labute approximate surface area is 160 Å². The molecule has 2 aromatic carbocycles. The number of benzene rings is 2. The zero-order valence-electron chi connectivity index (χ0n) is 15.9. The summed E-state index contributed by atoms with van der Waals surface area (Å²) in [6.45, 7) is 5.25. The van der Waals surface area contributed by atoms with Gasteiger partial charge in [-0.15, -0.1) is 0 Å². The van der Waals surface area contributed by atoms with Gasteiger partial charge in [0.25, 0.3) is 0 Å². The van der Waals surface area contributed by atoms with E-state index in [1.54, 1.807) is 0 Å². The monoisotopic (exact) mass is 358 g/mol. The highest BCUT2D eigenvalue weighted by Gasteiger charge is 2.17. The van der Waals surface area contributed by atoms with Crippen molar-refractivity contribution >= 4 is 0 Å². The minimum absolute atomic E-state index is 0.320. The van der Waals surface area contributed by atoms with Crippen LogP contribution in [0.5, 0.6) is 0 Å². The van der Waals surface area contributed by atoms with Crippen LogP contribution in [0.2, 0.25) is 0 Å². The van der Waals surface area contributed by atoms with Crippen LogP contribution in [0.15, 0.2) is 98.1 Å². The Bertz CT molecular complexity index is 904. The van der Waals surface area contributed by atoms with E-state index in [1.807, 2.05) is 0 Å². The van der Waals surface area contributed by atoms with Gasteiger partial charge in [-0.05, 0) is 25.0 Å². The average Bonchev–Trinajstić information content (AvgIpc) is 3.38. The maximum Gasteiger partial charge on any atom is 0.247 e. The molecule has 0 unspecified atom stereocenters. The van der Waals surface area contributed by atoms with Gasteiger partial charge in [0.15, 0.2) is 0 Å². The van der Waals surface area contributed by atoms with Crippen LogP contribution in [-0.2, 0) is 6.67 Å². The molecular weight excluding hydrogens is 332 g/mol. The molecule has 4 aromatic rings. The summed E-state index contributed by atoms with van der Waals surface area (Å²) in [4.78, 5) is 0. The number of hydrogen-bond acceptors (Lipinski definition) is 0. The first-order chi connectivity index (χ1) is 13.2. The van der Waals surface area contributed by atoms with Crippen molar-refractivity contribution in [2.24, 2.45) is 0 Å². The molecule has 0 amide bonds. The van der Waals surface area contributed by atoms with Crippen molar-refractivity contribution in [2.45, 2.75) is 32.6 Å². The lowest BCUT2D eigenvalue weighted by atomic mass is 10.1. The zero-order chi connectivity index (χ0) is 18.6. The van der Waals surface area contributed by atoms with Crippen molar-refractivity contribution < 1.29 is 9.13 Å². The van der Waals surface area contributed by atoms with Crippen LogP contribution >= 0.6 is 0 Å². The smallest absolute Gasteiger partial charge is 0.230 e. The van der Waals surface area contributed by atoms with Gasteiger partial charge in [0.1, 0.15) is 36.9 Å². The molecule has 136 valence electrons. The summed E-state index contributed by atoms with van der Waals surface area (Å²) in [5.41, 5.74) is 2.63. The molecule has 0 spiro atoms. The van der Waals surface area contributed by atoms with E-state index in [9.17, 15) is 0 Å². The predicted molar refractivity (Wildman–Crippen MR) is 105 cm³/mol. The van der Waals surface area contributed by atoms with E-state index in [-0.39, 0.29) is 0 Å². The van der Waals surface area contributed by atoms with Crippen molar-refractivity contribution in [2.75, 3.05) is 0 Å². The first-order valence-electron chi connectivity index (χ1n) is 9.43. The normalized spacial score (nSPS) is 13.4. The van der Waals surface area contributed by atoms with E-state index in [4.69, 9.17) is 0 Å². The van der Waals surface area contributed by atoms with Crippen molar-refractivity contribution in [3.63, 3.8) is 0 Å². The number of imidazole rings is 2. The lowest BCUT2D eigenvalue weighted by Crippen LogP contribution is -2.49. The topological polar surface area (TPSA) is 17.6 Å². The third-order valence-electron chi connectivity index (χ3n) is 5.21. The number of nitrogens with zero attached hydrogens (tertiary/aromatic N) is 4. The van der Waals surface area contributed by atoms with Gasteiger partial charge in [-0.1, -0.05) is 60.7 Å². The molecule has 0 radical (unpaired) electrons. The minimum atomic E-state index is 0.320. The molecule has 0 aliphatic heterocycles. The predicted octanol–water partition coefficient (Wildman–Crippen LogP) is 3.59. The van der Waals surface area contributed by atoms with Crippen molar-refractivity contribution in [1.29, 1.82) is 0 Å². The largest absolute Gasteiger partial charge is 0.247 e. The molecule has 2 heterocycles. The molecule has 0 saturated carbocycles. The first kappa shape index (κ1) is 17.3. The molecule has 4 nitrogen and oxygen atoms in total. The van der Waals surface area contributed by atoms with E-state index >= 15 is 0 Å². The Kier molecular flexibility index (Phi) is 4.88. The minimum Gasteiger partial charge on any atom is -0.230 e. The van der Waals surface area contributed by atoms with Gasteiger partial charge >= 0.3 is 0 Å². The third-order valence-corrected chi connectivity index (χ3v) is 5.21. The van der Waals surface area contributed by atoms with Crippen LogP contribution in [0.3, 0.4) is 0 Å². The summed E-state index contributed by atoms with van der Waals surface area (Å²) in [5.74, 6) is 0. The SMILES string of the molecule is C[C@H](c1ccccc1)n1cc[n+](C[n+]2ccn([C@H](C)c3ccccc3)c2)c1. The zero-order valence-corrected chi connectivity index (χ0v) is 15.9. The quantitative estimate of drug-likeness (QED) is 0.469. The molecule has 0 N–H and O–H groups in total. The summed E-state index contributed by atoms with van der Waals surface area (Å²) in [6.07, 6.45) is 12.9. The molecule has 0 aliphatic carbocycles.